The van der Waals surface area contributed by atoms with Crippen molar-refractivity contribution in [1.29, 1.82) is 0 Å². The maximum Gasteiger partial charge on any atom is 0.335 e. The number of carboxylic acid groups (broad SMARTS) is 1. The van der Waals surface area contributed by atoms with E-state index in [2.05, 4.69) is 33.1 Å². The van der Waals surface area contributed by atoms with Gasteiger partial charge in [-0.1, -0.05) is 22.5 Å². The standard InChI is InChI=1S/C11H10BrFN2O3/c1-6(12)5-14-11(18)15-9-3-2-7(10(16)17)4-8(9)13/h2-4H,1,5H2,(H,16,17)(H2,14,15,18). The van der Waals surface area contributed by atoms with Gasteiger partial charge in [-0.25, -0.2) is 14.0 Å². The number of anilines is 1. The molecule has 1 aromatic rings. The fourth-order valence-corrected chi connectivity index (χ4v) is 1.23. The summed E-state index contributed by atoms with van der Waals surface area (Å²) >= 11 is 3.05. The van der Waals surface area contributed by atoms with Crippen LogP contribution in [0.2, 0.25) is 0 Å². The lowest BCUT2D eigenvalue weighted by Crippen LogP contribution is -2.29. The van der Waals surface area contributed by atoms with Crippen LogP contribution in [-0.2, 0) is 0 Å². The van der Waals surface area contributed by atoms with Gasteiger partial charge in [-0.05, 0) is 18.2 Å². The first-order valence-electron chi connectivity index (χ1n) is 4.81. The number of carbonyl (C=O) groups is 2. The zero-order valence-electron chi connectivity index (χ0n) is 9.17. The number of halogens is 2. The molecular formula is C11H10BrFN2O3. The summed E-state index contributed by atoms with van der Waals surface area (Å²) in [5.41, 5.74) is -0.287. The van der Waals surface area contributed by atoms with Gasteiger partial charge in [-0.3, -0.25) is 0 Å². The van der Waals surface area contributed by atoms with Crippen molar-refractivity contribution >= 4 is 33.6 Å². The van der Waals surface area contributed by atoms with E-state index in [1.807, 2.05) is 0 Å². The molecule has 1 aromatic carbocycles. The minimum Gasteiger partial charge on any atom is -0.478 e. The highest BCUT2D eigenvalue weighted by molar-refractivity contribution is 9.11. The maximum atomic E-state index is 13.4. The number of carbonyl (C=O) groups excluding carboxylic acids is 1. The van der Waals surface area contributed by atoms with Gasteiger partial charge in [0, 0.05) is 4.48 Å². The van der Waals surface area contributed by atoms with Crippen molar-refractivity contribution in [3.05, 3.63) is 40.6 Å². The summed E-state index contributed by atoms with van der Waals surface area (Å²) in [5.74, 6) is -2.05. The van der Waals surface area contributed by atoms with Crippen LogP contribution in [0.25, 0.3) is 0 Å². The van der Waals surface area contributed by atoms with Gasteiger partial charge in [0.05, 0.1) is 17.8 Å². The molecule has 0 saturated heterocycles. The molecule has 0 fully saturated rings. The largest absolute Gasteiger partial charge is 0.478 e. The Bertz CT molecular complexity index is 505. The summed E-state index contributed by atoms with van der Waals surface area (Å²) in [6.45, 7) is 3.71. The van der Waals surface area contributed by atoms with Crippen molar-refractivity contribution in [2.24, 2.45) is 0 Å². The van der Waals surface area contributed by atoms with Crippen LogP contribution >= 0.6 is 15.9 Å². The lowest BCUT2D eigenvalue weighted by Gasteiger charge is -2.08. The first-order chi connectivity index (χ1) is 8.40. The SMILES string of the molecule is C=C(Br)CNC(=O)Nc1ccc(C(=O)O)cc1F. The monoisotopic (exact) mass is 316 g/mol. The van der Waals surface area contributed by atoms with Crippen LogP contribution in [0.15, 0.2) is 29.3 Å². The van der Waals surface area contributed by atoms with Crippen molar-refractivity contribution < 1.29 is 19.1 Å². The Labute approximate surface area is 111 Å². The second-order valence-corrected chi connectivity index (χ2v) is 4.45. The molecule has 5 nitrogen and oxygen atoms in total. The minimum absolute atomic E-state index is 0.0994. The highest BCUT2D eigenvalue weighted by Gasteiger charge is 2.10. The predicted molar refractivity (Wildman–Crippen MR) is 68.4 cm³/mol. The van der Waals surface area contributed by atoms with E-state index in [1.165, 1.54) is 12.1 Å². The van der Waals surface area contributed by atoms with Gasteiger partial charge < -0.3 is 15.7 Å². The third kappa shape index (κ3) is 4.17. The normalized spacial score (nSPS) is 9.67. The van der Waals surface area contributed by atoms with E-state index in [9.17, 15) is 14.0 Å². The molecule has 0 saturated carbocycles. The summed E-state index contributed by atoms with van der Waals surface area (Å²) in [5, 5.41) is 13.3. The van der Waals surface area contributed by atoms with Crippen LogP contribution in [0.4, 0.5) is 14.9 Å². The third-order valence-electron chi connectivity index (χ3n) is 1.90. The van der Waals surface area contributed by atoms with E-state index in [-0.39, 0.29) is 17.8 Å². The molecule has 96 valence electrons. The van der Waals surface area contributed by atoms with Gasteiger partial charge in [0.15, 0.2) is 0 Å². The first kappa shape index (κ1) is 14.2. The fourth-order valence-electron chi connectivity index (χ4n) is 1.09. The van der Waals surface area contributed by atoms with Crippen LogP contribution in [0.5, 0.6) is 0 Å². The molecule has 3 N–H and O–H groups in total. The Morgan fingerprint density at radius 1 is 1.44 bits per heavy atom. The number of nitrogens with one attached hydrogen (secondary N) is 2. The molecule has 0 aliphatic rings. The smallest absolute Gasteiger partial charge is 0.335 e. The zero-order valence-corrected chi connectivity index (χ0v) is 10.8. The summed E-state index contributed by atoms with van der Waals surface area (Å²) in [6, 6.07) is 2.60. The average Bonchev–Trinajstić information content (AvgIpc) is 2.29. The molecule has 0 unspecified atom stereocenters. The molecule has 0 spiro atoms. The molecule has 0 aliphatic heterocycles. The van der Waals surface area contributed by atoms with Crippen molar-refractivity contribution in [3.63, 3.8) is 0 Å². The average molecular weight is 317 g/mol. The number of carboxylic acids is 1. The molecule has 0 aromatic heterocycles. The number of aromatic carboxylic acids is 1. The second-order valence-electron chi connectivity index (χ2n) is 3.32. The molecule has 0 bridgehead atoms. The fraction of sp³-hybridized carbons (Fsp3) is 0.0909. The summed E-state index contributed by atoms with van der Waals surface area (Å²) in [7, 11) is 0. The second kappa shape index (κ2) is 6.15. The number of hydrogen-bond acceptors (Lipinski definition) is 2. The summed E-state index contributed by atoms with van der Waals surface area (Å²) < 4.78 is 14.0. The maximum absolute atomic E-state index is 13.4. The van der Waals surface area contributed by atoms with E-state index < -0.39 is 17.8 Å². The molecule has 1 rings (SSSR count). The summed E-state index contributed by atoms with van der Waals surface area (Å²) in [4.78, 5) is 21.9. The third-order valence-corrected chi connectivity index (χ3v) is 2.19. The molecule has 7 heteroatoms. The molecule has 0 atom stereocenters. The molecule has 18 heavy (non-hydrogen) atoms. The van der Waals surface area contributed by atoms with Gasteiger partial charge in [0.25, 0.3) is 0 Å². The van der Waals surface area contributed by atoms with Crippen LogP contribution in [0.1, 0.15) is 10.4 Å². The predicted octanol–water partition coefficient (Wildman–Crippen LogP) is 2.55. The van der Waals surface area contributed by atoms with Crippen molar-refractivity contribution in [1.82, 2.24) is 5.32 Å². The van der Waals surface area contributed by atoms with E-state index in [0.717, 1.165) is 6.07 Å². The Hall–Kier alpha value is -1.89. The Kier molecular flexibility index (Phi) is 4.85. The topological polar surface area (TPSA) is 78.4 Å². The molecule has 2 amide bonds. The first-order valence-corrected chi connectivity index (χ1v) is 5.60. The van der Waals surface area contributed by atoms with Crippen LogP contribution in [0, 0.1) is 5.82 Å². The molecular weight excluding hydrogens is 307 g/mol. The van der Waals surface area contributed by atoms with E-state index in [4.69, 9.17) is 5.11 Å². The van der Waals surface area contributed by atoms with E-state index in [0.29, 0.717) is 4.48 Å². The van der Waals surface area contributed by atoms with Crippen molar-refractivity contribution in [3.8, 4) is 0 Å². The van der Waals surface area contributed by atoms with Gasteiger partial charge in [0.1, 0.15) is 5.82 Å². The Morgan fingerprint density at radius 3 is 2.61 bits per heavy atom. The van der Waals surface area contributed by atoms with Gasteiger partial charge >= 0.3 is 12.0 Å². The van der Waals surface area contributed by atoms with E-state index >= 15 is 0 Å². The van der Waals surface area contributed by atoms with E-state index in [1.54, 1.807) is 0 Å². The number of urea groups is 1. The van der Waals surface area contributed by atoms with Gasteiger partial charge in [-0.2, -0.15) is 0 Å². The Balaban J connectivity index is 2.70. The Morgan fingerprint density at radius 2 is 2.11 bits per heavy atom. The molecule has 0 radical (unpaired) electrons. The summed E-state index contributed by atoms with van der Waals surface area (Å²) in [6.07, 6.45) is 0. The van der Waals surface area contributed by atoms with Crippen LogP contribution in [-0.4, -0.2) is 23.7 Å². The minimum atomic E-state index is -1.24. The lowest BCUT2D eigenvalue weighted by molar-refractivity contribution is 0.0696. The van der Waals surface area contributed by atoms with Crippen molar-refractivity contribution in [2.75, 3.05) is 11.9 Å². The highest BCUT2D eigenvalue weighted by atomic mass is 79.9. The number of benzene rings is 1. The highest BCUT2D eigenvalue weighted by Crippen LogP contribution is 2.15. The van der Waals surface area contributed by atoms with Gasteiger partial charge in [0.2, 0.25) is 0 Å². The molecule has 0 aliphatic carbocycles. The van der Waals surface area contributed by atoms with Crippen molar-refractivity contribution in [2.45, 2.75) is 0 Å². The lowest BCUT2D eigenvalue weighted by atomic mass is 10.2. The zero-order chi connectivity index (χ0) is 13.7. The van der Waals surface area contributed by atoms with Crippen LogP contribution < -0.4 is 10.6 Å². The number of amides is 2. The quantitative estimate of drug-likeness (QED) is 0.798. The molecule has 0 heterocycles. The number of rotatable bonds is 4. The number of hydrogen-bond donors (Lipinski definition) is 3. The van der Waals surface area contributed by atoms with Crippen LogP contribution in [0.3, 0.4) is 0 Å². The van der Waals surface area contributed by atoms with Gasteiger partial charge in [-0.15, -0.1) is 0 Å².